The van der Waals surface area contributed by atoms with Crippen molar-refractivity contribution in [1.82, 2.24) is 0 Å². The topological polar surface area (TPSA) is 80.9 Å². The van der Waals surface area contributed by atoms with Crippen molar-refractivity contribution in [1.29, 1.82) is 0 Å². The summed E-state index contributed by atoms with van der Waals surface area (Å²) < 4.78 is 0. The normalized spacial score (nSPS) is 45.5. The van der Waals surface area contributed by atoms with E-state index in [-0.39, 0.29) is 19.6 Å². The third kappa shape index (κ3) is 0.864. The summed E-state index contributed by atoms with van der Waals surface area (Å²) in [6.45, 7) is 2.48. The Labute approximate surface area is 71.5 Å². The number of hydrogen-bond donors (Lipinski definition) is 4. The van der Waals surface area contributed by atoms with Crippen LogP contribution in [0.3, 0.4) is 0 Å². The van der Waals surface area contributed by atoms with Gasteiger partial charge in [-0.1, -0.05) is 13.8 Å². The van der Waals surface area contributed by atoms with Gasteiger partial charge in [0.2, 0.25) is 0 Å². The van der Waals surface area contributed by atoms with Gasteiger partial charge in [0.1, 0.15) is 0 Å². The minimum Gasteiger partial charge on any atom is -0.393 e. The summed E-state index contributed by atoms with van der Waals surface area (Å²) in [5.74, 6) is 0. The average Bonchev–Trinajstić information content (AvgIpc) is 2.03. The van der Waals surface area contributed by atoms with Crippen molar-refractivity contribution in [3.63, 3.8) is 0 Å². The van der Waals surface area contributed by atoms with Gasteiger partial charge in [-0.05, 0) is 0 Å². The molecule has 0 heterocycles. The molecular weight excluding hydrogens is 160 g/mol. The van der Waals surface area contributed by atoms with Crippen LogP contribution in [-0.4, -0.2) is 44.8 Å². The molecule has 0 spiro atoms. The van der Waals surface area contributed by atoms with Crippen LogP contribution in [0.2, 0.25) is 0 Å². The molecule has 0 aromatic rings. The van der Waals surface area contributed by atoms with Crippen LogP contribution in [0.1, 0.15) is 20.3 Å². The molecule has 1 saturated carbocycles. The Morgan fingerprint density at radius 2 is 1.33 bits per heavy atom. The van der Waals surface area contributed by atoms with E-state index in [9.17, 15) is 10.2 Å². The van der Waals surface area contributed by atoms with Crippen molar-refractivity contribution in [3.8, 4) is 0 Å². The van der Waals surface area contributed by atoms with E-state index in [1.54, 1.807) is 13.8 Å². The van der Waals surface area contributed by atoms with Crippen LogP contribution >= 0.6 is 0 Å². The van der Waals surface area contributed by atoms with E-state index in [0.717, 1.165) is 0 Å². The van der Waals surface area contributed by atoms with Crippen molar-refractivity contribution in [2.45, 2.75) is 31.5 Å². The molecule has 1 rings (SSSR count). The molecule has 4 nitrogen and oxygen atoms in total. The molecule has 0 aromatic carbocycles. The maximum Gasteiger partial charge on any atom is 0.0984 e. The van der Waals surface area contributed by atoms with E-state index >= 15 is 0 Å². The van der Waals surface area contributed by atoms with Crippen LogP contribution in [0.25, 0.3) is 0 Å². The van der Waals surface area contributed by atoms with E-state index in [4.69, 9.17) is 10.2 Å². The summed E-state index contributed by atoms with van der Waals surface area (Å²) in [6, 6.07) is 0. The third-order valence-electron chi connectivity index (χ3n) is 3.43. The zero-order valence-corrected chi connectivity index (χ0v) is 7.41. The van der Waals surface area contributed by atoms with Gasteiger partial charge < -0.3 is 20.4 Å². The van der Waals surface area contributed by atoms with E-state index in [1.165, 1.54) is 0 Å². The molecule has 0 aromatic heterocycles. The standard InChI is InChI=1S/C8H16O4/c1-6(2)7(11,4-9)3-8(6,12)5-10/h9-12H,3-5H2,1-2H3. The van der Waals surface area contributed by atoms with Crippen LogP contribution in [0.4, 0.5) is 0 Å². The minimum absolute atomic E-state index is 0.0278. The Hall–Kier alpha value is -0.160. The maximum atomic E-state index is 9.69. The summed E-state index contributed by atoms with van der Waals surface area (Å²) >= 11 is 0. The quantitative estimate of drug-likeness (QED) is 0.429. The van der Waals surface area contributed by atoms with Gasteiger partial charge in [-0.2, -0.15) is 0 Å². The SMILES string of the molecule is CC1(C)C(O)(CO)CC1(O)CO. The molecular formula is C8H16O4. The van der Waals surface area contributed by atoms with Gasteiger partial charge in [0.15, 0.2) is 0 Å². The van der Waals surface area contributed by atoms with Gasteiger partial charge in [-0.25, -0.2) is 0 Å². The number of aliphatic hydroxyl groups excluding tert-OH is 2. The molecule has 1 fully saturated rings. The first-order valence-corrected chi connectivity index (χ1v) is 3.99. The van der Waals surface area contributed by atoms with Crippen molar-refractivity contribution < 1.29 is 20.4 Å². The van der Waals surface area contributed by atoms with Gasteiger partial charge in [0.25, 0.3) is 0 Å². The largest absolute Gasteiger partial charge is 0.393 e. The number of rotatable bonds is 2. The maximum absolute atomic E-state index is 9.69. The Morgan fingerprint density at radius 3 is 1.50 bits per heavy atom. The van der Waals surface area contributed by atoms with Crippen LogP contribution in [0, 0.1) is 5.41 Å². The fourth-order valence-electron chi connectivity index (χ4n) is 1.76. The number of aliphatic hydroxyl groups is 4. The highest BCUT2D eigenvalue weighted by Gasteiger charge is 2.67. The second kappa shape index (κ2) is 2.42. The first kappa shape index (κ1) is 9.92. The molecule has 4 N–H and O–H groups in total. The van der Waals surface area contributed by atoms with Crippen LogP contribution in [-0.2, 0) is 0 Å². The van der Waals surface area contributed by atoms with Gasteiger partial charge in [-0.15, -0.1) is 0 Å². The monoisotopic (exact) mass is 176 g/mol. The van der Waals surface area contributed by atoms with E-state index in [0.29, 0.717) is 0 Å². The fraction of sp³-hybridized carbons (Fsp3) is 1.00. The van der Waals surface area contributed by atoms with Crippen molar-refractivity contribution in [2.75, 3.05) is 13.2 Å². The predicted molar refractivity (Wildman–Crippen MR) is 42.5 cm³/mol. The van der Waals surface area contributed by atoms with Crippen molar-refractivity contribution in [3.05, 3.63) is 0 Å². The highest BCUT2D eigenvalue weighted by molar-refractivity contribution is 5.18. The van der Waals surface area contributed by atoms with Gasteiger partial charge in [0.05, 0.1) is 24.4 Å². The van der Waals surface area contributed by atoms with Gasteiger partial charge >= 0.3 is 0 Å². The van der Waals surface area contributed by atoms with Crippen molar-refractivity contribution >= 4 is 0 Å². The van der Waals surface area contributed by atoms with Gasteiger partial charge in [-0.3, -0.25) is 0 Å². The molecule has 12 heavy (non-hydrogen) atoms. The molecule has 2 unspecified atom stereocenters. The molecule has 1 aliphatic carbocycles. The first-order valence-electron chi connectivity index (χ1n) is 3.99. The molecule has 0 bridgehead atoms. The molecule has 0 radical (unpaired) electrons. The number of hydrogen-bond acceptors (Lipinski definition) is 4. The molecule has 0 aliphatic heterocycles. The van der Waals surface area contributed by atoms with Crippen molar-refractivity contribution in [2.24, 2.45) is 5.41 Å². The Balaban J connectivity index is 2.85. The molecule has 72 valence electrons. The molecule has 4 heteroatoms. The zero-order chi connectivity index (χ0) is 9.62. The summed E-state index contributed by atoms with van der Waals surface area (Å²) in [5.41, 5.74) is -3.38. The second-order valence-electron chi connectivity index (χ2n) is 4.18. The van der Waals surface area contributed by atoms with E-state index in [2.05, 4.69) is 0 Å². The second-order valence-corrected chi connectivity index (χ2v) is 4.18. The van der Waals surface area contributed by atoms with E-state index < -0.39 is 16.6 Å². The highest BCUT2D eigenvalue weighted by atomic mass is 16.4. The highest BCUT2D eigenvalue weighted by Crippen LogP contribution is 2.56. The van der Waals surface area contributed by atoms with Crippen LogP contribution in [0.5, 0.6) is 0 Å². The average molecular weight is 176 g/mol. The lowest BCUT2D eigenvalue weighted by Crippen LogP contribution is -2.74. The summed E-state index contributed by atoms with van der Waals surface area (Å²) in [5, 5.41) is 37.1. The summed E-state index contributed by atoms with van der Waals surface area (Å²) in [7, 11) is 0. The molecule has 0 amide bonds. The lowest BCUT2D eigenvalue weighted by molar-refractivity contribution is -0.307. The Kier molecular flexibility index (Phi) is 2.00. The van der Waals surface area contributed by atoms with Gasteiger partial charge in [0, 0.05) is 11.8 Å². The van der Waals surface area contributed by atoms with E-state index in [1.807, 2.05) is 0 Å². The van der Waals surface area contributed by atoms with Crippen LogP contribution in [0.15, 0.2) is 0 Å². The lowest BCUT2D eigenvalue weighted by Gasteiger charge is -2.62. The lowest BCUT2D eigenvalue weighted by atomic mass is 9.49. The summed E-state index contributed by atoms with van der Waals surface area (Å²) in [6.07, 6.45) is 0.0278. The smallest absolute Gasteiger partial charge is 0.0984 e. The Morgan fingerprint density at radius 1 is 1.00 bits per heavy atom. The summed E-state index contributed by atoms with van der Waals surface area (Å²) in [4.78, 5) is 0. The Bertz CT molecular complexity index is 173. The molecule has 1 aliphatic rings. The first-order chi connectivity index (χ1) is 5.33. The molecule has 2 atom stereocenters. The fourth-order valence-corrected chi connectivity index (χ4v) is 1.76. The third-order valence-corrected chi connectivity index (χ3v) is 3.43. The molecule has 0 saturated heterocycles. The predicted octanol–water partition coefficient (Wildman–Crippen LogP) is -1.14. The minimum atomic E-state index is -1.26. The zero-order valence-electron chi connectivity index (χ0n) is 7.41. The van der Waals surface area contributed by atoms with Crippen LogP contribution < -0.4 is 0 Å².